The van der Waals surface area contributed by atoms with Crippen molar-refractivity contribution in [1.82, 2.24) is 14.8 Å². The predicted octanol–water partition coefficient (Wildman–Crippen LogP) is 4.94. The first-order chi connectivity index (χ1) is 13.7. The van der Waals surface area contributed by atoms with Crippen LogP contribution in [-0.2, 0) is 17.8 Å². The molecule has 0 fully saturated rings. The molecule has 0 saturated heterocycles. The second-order valence-electron chi connectivity index (χ2n) is 6.50. The molecule has 3 aromatic rings. The van der Waals surface area contributed by atoms with Gasteiger partial charge < -0.3 is 5.32 Å². The van der Waals surface area contributed by atoms with Crippen molar-refractivity contribution in [2.24, 2.45) is 0 Å². The maximum Gasteiger partial charge on any atom is 0.237 e. The SMILES string of the molecule is C=CCn1c(S[C@H]2CCc3ccccc3NC2=O)nnc1-c1ccc(Br)cc1. The molecule has 0 bridgehead atoms. The zero-order chi connectivity index (χ0) is 19.5. The third-order valence-corrected chi connectivity index (χ3v) is 6.40. The van der Waals surface area contributed by atoms with Crippen molar-refractivity contribution < 1.29 is 4.79 Å². The van der Waals surface area contributed by atoms with Crippen LogP contribution in [0, 0.1) is 0 Å². The maximum atomic E-state index is 12.8. The average molecular weight is 455 g/mol. The number of nitrogens with zero attached hydrogens (tertiary/aromatic N) is 3. The van der Waals surface area contributed by atoms with E-state index in [4.69, 9.17) is 0 Å². The van der Waals surface area contributed by atoms with E-state index in [1.165, 1.54) is 17.3 Å². The first-order valence-corrected chi connectivity index (χ1v) is 10.7. The van der Waals surface area contributed by atoms with Gasteiger partial charge in [0, 0.05) is 22.3 Å². The lowest BCUT2D eigenvalue weighted by Crippen LogP contribution is -2.24. The summed E-state index contributed by atoms with van der Waals surface area (Å²) < 4.78 is 3.02. The Morgan fingerprint density at radius 1 is 1.21 bits per heavy atom. The molecule has 2 heterocycles. The summed E-state index contributed by atoms with van der Waals surface area (Å²) in [4.78, 5) is 12.8. The van der Waals surface area contributed by atoms with Crippen molar-refractivity contribution >= 4 is 39.3 Å². The molecule has 1 N–H and O–H groups in total. The summed E-state index contributed by atoms with van der Waals surface area (Å²) in [7, 11) is 0. The number of carbonyl (C=O) groups excluding carboxylic acids is 1. The monoisotopic (exact) mass is 454 g/mol. The minimum atomic E-state index is -0.224. The maximum absolute atomic E-state index is 12.8. The zero-order valence-corrected chi connectivity index (χ0v) is 17.5. The fourth-order valence-electron chi connectivity index (χ4n) is 3.21. The van der Waals surface area contributed by atoms with Crippen LogP contribution in [-0.4, -0.2) is 25.9 Å². The number of hydrogen-bond donors (Lipinski definition) is 1. The van der Waals surface area contributed by atoms with Crippen molar-refractivity contribution in [2.45, 2.75) is 29.8 Å². The van der Waals surface area contributed by atoms with Crippen molar-refractivity contribution in [3.05, 3.63) is 71.2 Å². The van der Waals surface area contributed by atoms with Crippen molar-refractivity contribution in [3.8, 4) is 11.4 Å². The highest BCUT2D eigenvalue weighted by molar-refractivity contribution is 9.10. The number of benzene rings is 2. The Morgan fingerprint density at radius 3 is 2.79 bits per heavy atom. The number of nitrogens with one attached hydrogen (secondary N) is 1. The Balaban J connectivity index is 1.60. The van der Waals surface area contributed by atoms with E-state index in [-0.39, 0.29) is 11.2 Å². The average Bonchev–Trinajstić information content (AvgIpc) is 3.01. The standard InChI is InChI=1S/C21H19BrN4OS/c1-2-13-26-19(15-7-10-16(22)11-8-15)24-25-21(26)28-18-12-9-14-5-3-4-6-17(14)23-20(18)27/h2-8,10-11,18H,1,9,12-13H2,(H,23,27)/t18-/m0/s1. The van der Waals surface area contributed by atoms with Gasteiger partial charge in [0.2, 0.25) is 5.91 Å². The molecule has 1 aromatic heterocycles. The first kappa shape index (κ1) is 19.0. The van der Waals surface area contributed by atoms with Gasteiger partial charge in [0.25, 0.3) is 0 Å². The van der Waals surface area contributed by atoms with Crippen LogP contribution in [0.4, 0.5) is 5.69 Å². The molecular weight excluding hydrogens is 436 g/mol. The molecule has 4 rings (SSSR count). The molecule has 0 spiro atoms. The predicted molar refractivity (Wildman–Crippen MR) is 116 cm³/mol. The van der Waals surface area contributed by atoms with E-state index in [0.717, 1.165) is 39.5 Å². The van der Waals surface area contributed by atoms with Gasteiger partial charge in [-0.3, -0.25) is 9.36 Å². The molecule has 0 saturated carbocycles. The van der Waals surface area contributed by atoms with Gasteiger partial charge in [-0.1, -0.05) is 64.1 Å². The highest BCUT2D eigenvalue weighted by Gasteiger charge is 2.27. The lowest BCUT2D eigenvalue weighted by Gasteiger charge is -2.13. The summed E-state index contributed by atoms with van der Waals surface area (Å²) in [5, 5.41) is 12.3. The Kier molecular flexibility index (Phi) is 5.64. The lowest BCUT2D eigenvalue weighted by molar-refractivity contribution is -0.115. The molecule has 28 heavy (non-hydrogen) atoms. The van der Waals surface area contributed by atoms with Gasteiger partial charge in [-0.25, -0.2) is 0 Å². The number of anilines is 1. The number of aromatic nitrogens is 3. The van der Waals surface area contributed by atoms with E-state index in [1.54, 1.807) is 0 Å². The van der Waals surface area contributed by atoms with Crippen LogP contribution in [0.5, 0.6) is 0 Å². The summed E-state index contributed by atoms with van der Waals surface area (Å²) in [6.07, 6.45) is 3.42. The quantitative estimate of drug-likeness (QED) is 0.554. The minimum Gasteiger partial charge on any atom is -0.325 e. The second kappa shape index (κ2) is 8.32. The van der Waals surface area contributed by atoms with Gasteiger partial charge in [-0.2, -0.15) is 0 Å². The molecule has 1 atom stereocenters. The fraction of sp³-hybridized carbons (Fsp3) is 0.190. The van der Waals surface area contributed by atoms with Gasteiger partial charge in [0.05, 0.1) is 5.25 Å². The molecule has 0 radical (unpaired) electrons. The number of hydrogen-bond acceptors (Lipinski definition) is 4. The lowest BCUT2D eigenvalue weighted by atomic mass is 10.1. The number of carbonyl (C=O) groups is 1. The van der Waals surface area contributed by atoms with E-state index in [1.807, 2.05) is 53.1 Å². The smallest absolute Gasteiger partial charge is 0.237 e. The number of thioether (sulfide) groups is 1. The number of aryl methyl sites for hydroxylation is 1. The number of allylic oxidation sites excluding steroid dienone is 1. The first-order valence-electron chi connectivity index (χ1n) is 9.01. The molecule has 1 aliphatic heterocycles. The third kappa shape index (κ3) is 3.91. The number of halogens is 1. The molecule has 142 valence electrons. The normalized spacial score (nSPS) is 16.2. The van der Waals surface area contributed by atoms with Crippen LogP contribution in [0.2, 0.25) is 0 Å². The summed E-state index contributed by atoms with van der Waals surface area (Å²) >= 11 is 4.92. The Morgan fingerprint density at radius 2 is 2.00 bits per heavy atom. The van der Waals surface area contributed by atoms with Crippen LogP contribution >= 0.6 is 27.7 Å². The molecule has 1 amide bonds. The van der Waals surface area contributed by atoms with Crippen LogP contribution in [0.25, 0.3) is 11.4 Å². The zero-order valence-electron chi connectivity index (χ0n) is 15.1. The topological polar surface area (TPSA) is 59.8 Å². The summed E-state index contributed by atoms with van der Waals surface area (Å²) in [6.45, 7) is 4.44. The van der Waals surface area contributed by atoms with E-state index in [9.17, 15) is 4.79 Å². The molecule has 2 aromatic carbocycles. The molecule has 7 heteroatoms. The van der Waals surface area contributed by atoms with Gasteiger partial charge in [0.1, 0.15) is 0 Å². The molecule has 5 nitrogen and oxygen atoms in total. The molecular formula is C21H19BrN4OS. The van der Waals surface area contributed by atoms with E-state index in [0.29, 0.717) is 6.54 Å². The molecule has 0 aliphatic carbocycles. The van der Waals surface area contributed by atoms with Crippen molar-refractivity contribution in [2.75, 3.05) is 5.32 Å². The van der Waals surface area contributed by atoms with Crippen LogP contribution < -0.4 is 5.32 Å². The Hall–Kier alpha value is -2.38. The van der Waals surface area contributed by atoms with Crippen molar-refractivity contribution in [1.29, 1.82) is 0 Å². The van der Waals surface area contributed by atoms with E-state index >= 15 is 0 Å². The third-order valence-electron chi connectivity index (χ3n) is 4.62. The van der Waals surface area contributed by atoms with Gasteiger partial charge >= 0.3 is 0 Å². The Bertz CT molecular complexity index is 1020. The minimum absolute atomic E-state index is 0.00768. The number of amides is 1. The van der Waals surface area contributed by atoms with E-state index in [2.05, 4.69) is 44.1 Å². The van der Waals surface area contributed by atoms with Crippen molar-refractivity contribution in [3.63, 3.8) is 0 Å². The van der Waals surface area contributed by atoms with Gasteiger partial charge in [-0.05, 0) is 36.6 Å². The largest absolute Gasteiger partial charge is 0.325 e. The summed E-state index contributed by atoms with van der Waals surface area (Å²) in [6, 6.07) is 15.9. The van der Waals surface area contributed by atoms with Gasteiger partial charge in [-0.15, -0.1) is 16.8 Å². The Labute approximate surface area is 176 Å². The second-order valence-corrected chi connectivity index (χ2v) is 8.59. The number of rotatable bonds is 5. The fourth-order valence-corrected chi connectivity index (χ4v) is 4.51. The number of fused-ring (bicyclic) bond motifs is 1. The van der Waals surface area contributed by atoms with Gasteiger partial charge in [0.15, 0.2) is 11.0 Å². The molecule has 1 aliphatic rings. The number of para-hydroxylation sites is 1. The van der Waals surface area contributed by atoms with E-state index < -0.39 is 0 Å². The molecule has 0 unspecified atom stereocenters. The van der Waals surface area contributed by atoms with Crippen LogP contribution in [0.15, 0.2) is 70.8 Å². The highest BCUT2D eigenvalue weighted by atomic mass is 79.9. The summed E-state index contributed by atoms with van der Waals surface area (Å²) in [5.74, 6) is 0.778. The van der Waals surface area contributed by atoms with Crippen LogP contribution in [0.1, 0.15) is 12.0 Å². The highest BCUT2D eigenvalue weighted by Crippen LogP contribution is 2.32. The summed E-state index contributed by atoms with van der Waals surface area (Å²) in [5.41, 5.74) is 3.04. The van der Waals surface area contributed by atoms with Crippen LogP contribution in [0.3, 0.4) is 0 Å².